The lowest BCUT2D eigenvalue weighted by atomic mass is 10.1. The van der Waals surface area contributed by atoms with E-state index in [1.54, 1.807) is 13.4 Å². The molecule has 2 rings (SSSR count). The van der Waals surface area contributed by atoms with Crippen molar-refractivity contribution in [3.05, 3.63) is 35.6 Å². The van der Waals surface area contributed by atoms with Crippen molar-refractivity contribution < 1.29 is 9.15 Å². The predicted octanol–water partition coefficient (Wildman–Crippen LogP) is 2.04. The minimum Gasteiger partial charge on any atom is -0.464 e. The minimum atomic E-state index is 0.521. The normalized spacial score (nSPS) is 11.0. The van der Waals surface area contributed by atoms with Gasteiger partial charge in [-0.1, -0.05) is 12.1 Å². The van der Waals surface area contributed by atoms with Gasteiger partial charge in [0.05, 0.1) is 12.9 Å². The van der Waals surface area contributed by atoms with Crippen molar-refractivity contribution in [2.75, 3.05) is 7.11 Å². The van der Waals surface area contributed by atoms with Crippen LogP contribution in [0.3, 0.4) is 0 Å². The maximum Gasteiger partial charge on any atom is 0.134 e. The van der Waals surface area contributed by atoms with E-state index in [4.69, 9.17) is 14.9 Å². The van der Waals surface area contributed by atoms with Gasteiger partial charge >= 0.3 is 0 Å². The van der Waals surface area contributed by atoms with Crippen molar-refractivity contribution in [3.8, 4) is 0 Å². The highest BCUT2D eigenvalue weighted by atomic mass is 16.5. The van der Waals surface area contributed by atoms with Gasteiger partial charge in [-0.25, -0.2) is 0 Å². The summed E-state index contributed by atoms with van der Waals surface area (Å²) in [6.07, 6.45) is 1.73. The van der Waals surface area contributed by atoms with Crippen LogP contribution in [-0.2, 0) is 17.9 Å². The molecule has 0 radical (unpaired) electrons. The molecule has 0 atom stereocenters. The molecule has 74 valence electrons. The van der Waals surface area contributed by atoms with Gasteiger partial charge in [0.2, 0.25) is 0 Å². The van der Waals surface area contributed by atoms with Crippen molar-refractivity contribution in [1.82, 2.24) is 0 Å². The third-order valence-electron chi connectivity index (χ3n) is 2.28. The van der Waals surface area contributed by atoms with Gasteiger partial charge in [-0.05, 0) is 11.6 Å². The van der Waals surface area contributed by atoms with Crippen LogP contribution in [0.4, 0.5) is 0 Å². The molecular formula is C11H13NO2. The second kappa shape index (κ2) is 3.82. The molecule has 0 aliphatic carbocycles. The van der Waals surface area contributed by atoms with Gasteiger partial charge in [-0.15, -0.1) is 0 Å². The first kappa shape index (κ1) is 9.24. The van der Waals surface area contributed by atoms with E-state index in [9.17, 15) is 0 Å². The van der Waals surface area contributed by atoms with Crippen LogP contribution < -0.4 is 5.73 Å². The summed E-state index contributed by atoms with van der Waals surface area (Å²) in [7, 11) is 1.67. The van der Waals surface area contributed by atoms with Crippen molar-refractivity contribution in [1.29, 1.82) is 0 Å². The molecule has 0 spiro atoms. The number of hydrogen-bond acceptors (Lipinski definition) is 3. The fraction of sp³-hybridized carbons (Fsp3) is 0.273. The maximum absolute atomic E-state index is 5.66. The van der Waals surface area contributed by atoms with Crippen molar-refractivity contribution in [2.45, 2.75) is 13.2 Å². The third kappa shape index (κ3) is 1.41. The lowest BCUT2D eigenvalue weighted by molar-refractivity contribution is 0.185. The third-order valence-corrected chi connectivity index (χ3v) is 2.28. The molecule has 0 fully saturated rings. The Morgan fingerprint density at radius 2 is 2.21 bits per heavy atom. The van der Waals surface area contributed by atoms with Crippen LogP contribution in [-0.4, -0.2) is 7.11 Å². The number of ether oxygens (including phenoxy) is 1. The largest absolute Gasteiger partial charge is 0.464 e. The Labute approximate surface area is 82.5 Å². The zero-order chi connectivity index (χ0) is 9.97. The van der Waals surface area contributed by atoms with Crippen LogP contribution in [0.2, 0.25) is 0 Å². The topological polar surface area (TPSA) is 48.4 Å². The summed E-state index contributed by atoms with van der Waals surface area (Å²) in [6, 6.07) is 5.90. The number of nitrogens with two attached hydrogens (primary N) is 1. The Bertz CT molecular complexity index is 434. The summed E-state index contributed by atoms with van der Waals surface area (Å²) in [4.78, 5) is 0. The van der Waals surface area contributed by atoms with E-state index in [1.165, 1.54) is 0 Å². The minimum absolute atomic E-state index is 0.521. The Balaban J connectivity index is 2.62. The van der Waals surface area contributed by atoms with E-state index in [1.807, 2.05) is 18.2 Å². The van der Waals surface area contributed by atoms with Crippen molar-refractivity contribution in [3.63, 3.8) is 0 Å². The summed E-state index contributed by atoms with van der Waals surface area (Å²) < 4.78 is 10.5. The molecule has 3 nitrogen and oxygen atoms in total. The Morgan fingerprint density at radius 3 is 2.93 bits per heavy atom. The molecule has 0 unspecified atom stereocenters. The molecule has 2 N–H and O–H groups in total. The molecule has 0 bridgehead atoms. The Morgan fingerprint density at radius 1 is 1.36 bits per heavy atom. The quantitative estimate of drug-likeness (QED) is 0.807. The van der Waals surface area contributed by atoms with Gasteiger partial charge < -0.3 is 14.9 Å². The first-order chi connectivity index (χ1) is 6.86. The summed E-state index contributed by atoms with van der Waals surface area (Å²) in [6.45, 7) is 1.08. The van der Waals surface area contributed by atoms with E-state index in [0.29, 0.717) is 13.2 Å². The van der Waals surface area contributed by atoms with Gasteiger partial charge in [-0.3, -0.25) is 0 Å². The van der Waals surface area contributed by atoms with Crippen LogP contribution in [0.15, 0.2) is 28.9 Å². The molecule has 14 heavy (non-hydrogen) atoms. The van der Waals surface area contributed by atoms with Gasteiger partial charge in [-0.2, -0.15) is 0 Å². The average molecular weight is 191 g/mol. The van der Waals surface area contributed by atoms with Gasteiger partial charge in [0, 0.05) is 24.6 Å². The fourth-order valence-electron chi connectivity index (χ4n) is 1.66. The molecule has 0 saturated carbocycles. The summed E-state index contributed by atoms with van der Waals surface area (Å²) in [5, 5.41) is 1.09. The summed E-state index contributed by atoms with van der Waals surface area (Å²) >= 11 is 0. The molecule has 1 aromatic carbocycles. The van der Waals surface area contributed by atoms with Crippen LogP contribution >= 0.6 is 0 Å². The average Bonchev–Trinajstić information content (AvgIpc) is 2.62. The molecule has 0 aliphatic heterocycles. The number of fused-ring (bicyclic) bond motifs is 1. The highest BCUT2D eigenvalue weighted by molar-refractivity contribution is 5.84. The molecule has 0 aliphatic rings. The Kier molecular flexibility index (Phi) is 2.52. The van der Waals surface area contributed by atoms with Gasteiger partial charge in [0.1, 0.15) is 5.58 Å². The van der Waals surface area contributed by atoms with Crippen LogP contribution in [0.25, 0.3) is 11.0 Å². The molecule has 1 heterocycles. The second-order valence-electron chi connectivity index (χ2n) is 3.19. The second-order valence-corrected chi connectivity index (χ2v) is 3.19. The molecule has 0 saturated heterocycles. The van der Waals surface area contributed by atoms with E-state index < -0.39 is 0 Å². The van der Waals surface area contributed by atoms with E-state index in [2.05, 4.69) is 0 Å². The van der Waals surface area contributed by atoms with Crippen molar-refractivity contribution in [2.24, 2.45) is 5.73 Å². The monoisotopic (exact) mass is 191 g/mol. The molecule has 3 heteroatoms. The number of benzene rings is 1. The van der Waals surface area contributed by atoms with Crippen LogP contribution in [0.5, 0.6) is 0 Å². The molecule has 2 aromatic rings. The van der Waals surface area contributed by atoms with Crippen LogP contribution in [0.1, 0.15) is 11.1 Å². The summed E-state index contributed by atoms with van der Waals surface area (Å²) in [5.74, 6) is 0. The van der Waals surface area contributed by atoms with E-state index >= 15 is 0 Å². The summed E-state index contributed by atoms with van der Waals surface area (Å²) in [5.41, 5.74) is 8.69. The SMILES string of the molecule is COCc1coc2cccc(CN)c12. The lowest BCUT2D eigenvalue weighted by Gasteiger charge is -2.01. The van der Waals surface area contributed by atoms with E-state index in [-0.39, 0.29) is 0 Å². The van der Waals surface area contributed by atoms with E-state index in [0.717, 1.165) is 22.1 Å². The van der Waals surface area contributed by atoms with Gasteiger partial charge in [0.25, 0.3) is 0 Å². The zero-order valence-electron chi connectivity index (χ0n) is 8.12. The highest BCUT2D eigenvalue weighted by Crippen LogP contribution is 2.25. The predicted molar refractivity (Wildman–Crippen MR) is 54.8 cm³/mol. The maximum atomic E-state index is 5.66. The number of hydrogen-bond donors (Lipinski definition) is 1. The number of furan rings is 1. The van der Waals surface area contributed by atoms with Crippen LogP contribution in [0, 0.1) is 0 Å². The standard InChI is InChI=1S/C11H13NO2/c1-13-6-9-7-14-10-4-2-3-8(5-12)11(9)10/h2-4,7H,5-6,12H2,1H3. The fourth-order valence-corrected chi connectivity index (χ4v) is 1.66. The molecular weight excluding hydrogens is 178 g/mol. The zero-order valence-corrected chi connectivity index (χ0v) is 8.12. The lowest BCUT2D eigenvalue weighted by Crippen LogP contribution is -1.97. The van der Waals surface area contributed by atoms with Crippen molar-refractivity contribution >= 4 is 11.0 Å². The highest BCUT2D eigenvalue weighted by Gasteiger charge is 2.08. The first-order valence-corrected chi connectivity index (χ1v) is 4.53. The van der Waals surface area contributed by atoms with Gasteiger partial charge in [0.15, 0.2) is 0 Å². The number of methoxy groups -OCH3 is 1. The molecule has 0 amide bonds. The number of rotatable bonds is 3. The molecule has 1 aromatic heterocycles. The Hall–Kier alpha value is -1.32. The first-order valence-electron chi connectivity index (χ1n) is 4.53. The smallest absolute Gasteiger partial charge is 0.134 e.